The molecule has 0 bridgehead atoms. The van der Waals surface area contributed by atoms with Gasteiger partial charge in [0.2, 0.25) is 5.91 Å². The molecule has 21 heavy (non-hydrogen) atoms. The van der Waals surface area contributed by atoms with Crippen LogP contribution in [0.2, 0.25) is 0 Å². The normalized spacial score (nSPS) is 18.6. The van der Waals surface area contributed by atoms with E-state index in [1.165, 1.54) is 0 Å². The molecule has 1 unspecified atom stereocenters. The number of nitrogens with zero attached hydrogens (tertiary/aromatic N) is 4. The average molecular weight is 281 g/mol. The highest BCUT2D eigenvalue weighted by molar-refractivity contribution is 5.93. The Kier molecular flexibility index (Phi) is 3.40. The summed E-state index contributed by atoms with van der Waals surface area (Å²) in [7, 11) is 1.80. The first-order valence-corrected chi connectivity index (χ1v) is 6.85. The van der Waals surface area contributed by atoms with Gasteiger partial charge in [-0.2, -0.15) is 5.26 Å². The van der Waals surface area contributed by atoms with Crippen molar-refractivity contribution in [1.29, 1.82) is 5.26 Å². The fourth-order valence-electron chi connectivity index (χ4n) is 2.61. The number of carbonyl (C=O) groups excluding carboxylic acids is 1. The summed E-state index contributed by atoms with van der Waals surface area (Å²) in [5.74, 6) is 0.159. The molecule has 2 aromatic rings. The SMILES string of the molecule is CN1CC(Nc2c(C#N)nnc3ccccc23)CCC1=O. The van der Waals surface area contributed by atoms with Gasteiger partial charge in [0.1, 0.15) is 6.07 Å². The number of hydrogen-bond acceptors (Lipinski definition) is 5. The van der Waals surface area contributed by atoms with Crippen LogP contribution in [0.25, 0.3) is 10.9 Å². The molecule has 0 spiro atoms. The maximum absolute atomic E-state index is 11.6. The van der Waals surface area contributed by atoms with E-state index in [4.69, 9.17) is 0 Å². The Balaban J connectivity index is 1.96. The third-order valence-electron chi connectivity index (χ3n) is 3.75. The third-order valence-corrected chi connectivity index (χ3v) is 3.75. The maximum Gasteiger partial charge on any atom is 0.222 e. The van der Waals surface area contributed by atoms with Crippen LogP contribution in [0.1, 0.15) is 18.5 Å². The van der Waals surface area contributed by atoms with Gasteiger partial charge in [0, 0.05) is 31.4 Å². The van der Waals surface area contributed by atoms with Crippen molar-refractivity contribution in [3.63, 3.8) is 0 Å². The number of likely N-dealkylation sites (tertiary alicyclic amines) is 1. The summed E-state index contributed by atoms with van der Waals surface area (Å²) in [6, 6.07) is 9.78. The Labute approximate surface area is 122 Å². The molecule has 1 aromatic heterocycles. The first-order chi connectivity index (χ1) is 10.2. The summed E-state index contributed by atoms with van der Waals surface area (Å²) in [6.07, 6.45) is 1.27. The van der Waals surface area contributed by atoms with Gasteiger partial charge < -0.3 is 10.2 Å². The lowest BCUT2D eigenvalue weighted by molar-refractivity contribution is -0.132. The van der Waals surface area contributed by atoms with Gasteiger partial charge in [-0.1, -0.05) is 18.2 Å². The molecule has 6 heteroatoms. The smallest absolute Gasteiger partial charge is 0.222 e. The predicted octanol–water partition coefficient (Wildman–Crippen LogP) is 1.53. The van der Waals surface area contributed by atoms with Gasteiger partial charge in [0.25, 0.3) is 0 Å². The van der Waals surface area contributed by atoms with Crippen LogP contribution in [-0.2, 0) is 4.79 Å². The number of carbonyl (C=O) groups is 1. The summed E-state index contributed by atoms with van der Waals surface area (Å²) < 4.78 is 0. The lowest BCUT2D eigenvalue weighted by Crippen LogP contribution is -2.43. The third kappa shape index (κ3) is 2.50. The van der Waals surface area contributed by atoms with Crippen LogP contribution >= 0.6 is 0 Å². The quantitative estimate of drug-likeness (QED) is 0.902. The zero-order valence-corrected chi connectivity index (χ0v) is 11.7. The fourth-order valence-corrected chi connectivity index (χ4v) is 2.61. The van der Waals surface area contributed by atoms with Crippen LogP contribution in [0.15, 0.2) is 24.3 Å². The monoisotopic (exact) mass is 281 g/mol. The van der Waals surface area contributed by atoms with Crippen molar-refractivity contribution >= 4 is 22.5 Å². The summed E-state index contributed by atoms with van der Waals surface area (Å²) >= 11 is 0. The zero-order valence-electron chi connectivity index (χ0n) is 11.7. The average Bonchev–Trinajstić information content (AvgIpc) is 2.51. The lowest BCUT2D eigenvalue weighted by atomic mass is 10.0. The van der Waals surface area contributed by atoms with Crippen molar-refractivity contribution in [2.24, 2.45) is 0 Å². The van der Waals surface area contributed by atoms with Crippen LogP contribution in [-0.4, -0.2) is 40.6 Å². The predicted molar refractivity (Wildman–Crippen MR) is 78.5 cm³/mol. The second-order valence-corrected chi connectivity index (χ2v) is 5.21. The van der Waals surface area contributed by atoms with E-state index >= 15 is 0 Å². The summed E-state index contributed by atoms with van der Waals surface area (Å²) in [4.78, 5) is 13.3. The Bertz CT molecular complexity index is 736. The number of nitrogens with one attached hydrogen (secondary N) is 1. The van der Waals surface area contributed by atoms with E-state index in [9.17, 15) is 10.1 Å². The highest BCUT2D eigenvalue weighted by Crippen LogP contribution is 2.26. The minimum Gasteiger partial charge on any atom is -0.378 e. The second-order valence-electron chi connectivity index (χ2n) is 5.21. The first kappa shape index (κ1) is 13.3. The molecule has 1 saturated heterocycles. The zero-order chi connectivity index (χ0) is 14.8. The van der Waals surface area contributed by atoms with Crippen LogP contribution in [0.3, 0.4) is 0 Å². The van der Waals surface area contributed by atoms with Gasteiger partial charge in [-0.25, -0.2) is 0 Å². The van der Waals surface area contributed by atoms with Gasteiger partial charge in [0.05, 0.1) is 11.2 Å². The van der Waals surface area contributed by atoms with Crippen LogP contribution < -0.4 is 5.32 Å². The molecule has 0 aliphatic carbocycles. The van der Waals surface area contributed by atoms with E-state index < -0.39 is 0 Å². The molecule has 0 saturated carbocycles. The number of nitriles is 1. The number of fused-ring (bicyclic) bond motifs is 1. The van der Waals surface area contributed by atoms with Gasteiger partial charge in [-0.3, -0.25) is 4.79 Å². The largest absolute Gasteiger partial charge is 0.378 e. The van der Waals surface area contributed by atoms with Crippen molar-refractivity contribution in [2.75, 3.05) is 18.9 Å². The standard InChI is InChI=1S/C15H15N5O/c1-20-9-10(6-7-14(20)21)17-15-11-4-2-3-5-12(11)18-19-13(15)8-16/h2-5,10H,6-7,9H2,1H3,(H,17,18). The lowest BCUT2D eigenvalue weighted by Gasteiger charge is -2.31. The Hall–Kier alpha value is -2.68. The van der Waals surface area contributed by atoms with Gasteiger partial charge >= 0.3 is 0 Å². The number of amides is 1. The molecule has 0 radical (unpaired) electrons. The van der Waals surface area contributed by atoms with Gasteiger partial charge in [0.15, 0.2) is 5.69 Å². The van der Waals surface area contributed by atoms with Gasteiger partial charge in [-0.15, -0.1) is 10.2 Å². The molecule has 2 heterocycles. The molecular weight excluding hydrogens is 266 g/mol. The molecule has 1 atom stereocenters. The summed E-state index contributed by atoms with van der Waals surface area (Å²) in [5, 5.41) is 21.5. The Morgan fingerprint density at radius 1 is 1.38 bits per heavy atom. The van der Waals surface area contributed by atoms with Crippen molar-refractivity contribution in [3.05, 3.63) is 30.0 Å². The molecule has 1 aliphatic heterocycles. The first-order valence-electron chi connectivity index (χ1n) is 6.85. The number of likely N-dealkylation sites (N-methyl/N-ethyl adjacent to an activating group) is 1. The van der Waals surface area contributed by atoms with Crippen molar-refractivity contribution in [1.82, 2.24) is 15.1 Å². The number of anilines is 1. The van der Waals surface area contributed by atoms with E-state index in [1.54, 1.807) is 11.9 Å². The molecule has 1 N–H and O–H groups in total. The van der Waals surface area contributed by atoms with E-state index in [-0.39, 0.29) is 17.6 Å². The number of hydrogen-bond donors (Lipinski definition) is 1. The van der Waals surface area contributed by atoms with E-state index in [0.717, 1.165) is 17.3 Å². The number of rotatable bonds is 2. The Morgan fingerprint density at radius 3 is 2.95 bits per heavy atom. The molecule has 1 aliphatic rings. The van der Waals surface area contributed by atoms with Crippen LogP contribution in [0.5, 0.6) is 0 Å². The van der Waals surface area contributed by atoms with Crippen molar-refractivity contribution in [2.45, 2.75) is 18.9 Å². The van der Waals surface area contributed by atoms with Gasteiger partial charge in [-0.05, 0) is 12.5 Å². The van der Waals surface area contributed by atoms with Crippen LogP contribution in [0.4, 0.5) is 5.69 Å². The molecule has 1 fully saturated rings. The molecule has 6 nitrogen and oxygen atoms in total. The van der Waals surface area contributed by atoms with E-state index in [2.05, 4.69) is 21.6 Å². The number of piperidine rings is 1. The minimum absolute atomic E-state index is 0.118. The number of aromatic nitrogens is 2. The highest BCUT2D eigenvalue weighted by atomic mass is 16.2. The molecule has 3 rings (SSSR count). The second kappa shape index (κ2) is 5.37. The fraction of sp³-hybridized carbons (Fsp3) is 0.333. The molecule has 1 amide bonds. The van der Waals surface area contributed by atoms with Crippen LogP contribution in [0, 0.1) is 11.3 Å². The molecule has 106 valence electrons. The van der Waals surface area contributed by atoms with Crippen molar-refractivity contribution in [3.8, 4) is 6.07 Å². The maximum atomic E-state index is 11.6. The minimum atomic E-state index is 0.118. The van der Waals surface area contributed by atoms with Crippen molar-refractivity contribution < 1.29 is 4.79 Å². The Morgan fingerprint density at radius 2 is 2.19 bits per heavy atom. The highest BCUT2D eigenvalue weighted by Gasteiger charge is 2.24. The molecule has 1 aromatic carbocycles. The molecular formula is C15H15N5O. The topological polar surface area (TPSA) is 81.9 Å². The summed E-state index contributed by atoms with van der Waals surface area (Å²) in [5.41, 5.74) is 1.74. The summed E-state index contributed by atoms with van der Waals surface area (Å²) in [6.45, 7) is 0.625. The number of benzene rings is 1. The van der Waals surface area contributed by atoms with E-state index in [0.29, 0.717) is 18.7 Å². The van der Waals surface area contributed by atoms with E-state index in [1.807, 2.05) is 24.3 Å².